The normalized spacial score (nSPS) is 22.4. The van der Waals surface area contributed by atoms with E-state index in [0.717, 1.165) is 35.6 Å². The van der Waals surface area contributed by atoms with Crippen LogP contribution in [0.5, 0.6) is 0 Å². The molecular formula is C19H25N5O3. The zero-order chi connectivity index (χ0) is 19.3. The molecule has 5 heterocycles. The Kier molecular flexibility index (Phi) is 4.28. The van der Waals surface area contributed by atoms with Gasteiger partial charge in [0.05, 0.1) is 23.9 Å². The van der Waals surface area contributed by atoms with E-state index in [4.69, 9.17) is 4.52 Å². The third-order valence-electron chi connectivity index (χ3n) is 5.81. The van der Waals surface area contributed by atoms with Gasteiger partial charge in [-0.1, -0.05) is 5.16 Å². The van der Waals surface area contributed by atoms with Crippen LogP contribution >= 0.6 is 0 Å². The quantitative estimate of drug-likeness (QED) is 0.818. The van der Waals surface area contributed by atoms with E-state index < -0.39 is 0 Å². The van der Waals surface area contributed by atoms with Crippen molar-refractivity contribution in [2.24, 2.45) is 13.0 Å². The maximum atomic E-state index is 13.1. The van der Waals surface area contributed by atoms with Crippen LogP contribution in [0.1, 0.15) is 46.0 Å². The fraction of sp³-hybridized carbons (Fsp3) is 0.579. The molecule has 3 aliphatic heterocycles. The van der Waals surface area contributed by atoms with Crippen LogP contribution in [0.3, 0.4) is 0 Å². The number of aromatic nitrogens is 3. The van der Waals surface area contributed by atoms with E-state index in [1.165, 1.54) is 0 Å². The molecule has 5 rings (SSSR count). The van der Waals surface area contributed by atoms with Gasteiger partial charge in [-0.25, -0.2) is 0 Å². The van der Waals surface area contributed by atoms with E-state index in [1.807, 2.05) is 30.6 Å². The van der Waals surface area contributed by atoms with Crippen LogP contribution in [-0.2, 0) is 18.4 Å². The number of rotatable bonds is 3. The number of aryl methyl sites for hydroxylation is 4. The number of carbonyl (C=O) groups is 2. The molecule has 3 fully saturated rings. The van der Waals surface area contributed by atoms with Crippen LogP contribution < -0.4 is 0 Å². The van der Waals surface area contributed by atoms with Crippen molar-refractivity contribution in [3.8, 4) is 0 Å². The summed E-state index contributed by atoms with van der Waals surface area (Å²) >= 11 is 0. The van der Waals surface area contributed by atoms with Crippen LogP contribution in [0, 0.1) is 26.7 Å². The van der Waals surface area contributed by atoms with Crippen molar-refractivity contribution in [3.63, 3.8) is 0 Å². The van der Waals surface area contributed by atoms with E-state index in [1.54, 1.807) is 17.8 Å². The molecule has 27 heavy (non-hydrogen) atoms. The van der Waals surface area contributed by atoms with Gasteiger partial charge in [0.25, 0.3) is 5.91 Å². The van der Waals surface area contributed by atoms with Crippen molar-refractivity contribution >= 4 is 11.8 Å². The van der Waals surface area contributed by atoms with Crippen LogP contribution in [0.2, 0.25) is 0 Å². The molecule has 0 radical (unpaired) electrons. The minimum atomic E-state index is -0.150. The van der Waals surface area contributed by atoms with E-state index in [-0.39, 0.29) is 23.8 Å². The predicted octanol–water partition coefficient (Wildman–Crippen LogP) is 1.60. The lowest BCUT2D eigenvalue weighted by atomic mass is 9.93. The van der Waals surface area contributed by atoms with Gasteiger partial charge in [0.2, 0.25) is 5.91 Å². The first-order valence-electron chi connectivity index (χ1n) is 9.37. The molecular weight excluding hydrogens is 346 g/mol. The average Bonchev–Trinajstić information content (AvgIpc) is 2.99. The summed E-state index contributed by atoms with van der Waals surface area (Å²) in [6.45, 7) is 7.15. The fourth-order valence-corrected chi connectivity index (χ4v) is 4.29. The van der Waals surface area contributed by atoms with Gasteiger partial charge >= 0.3 is 0 Å². The van der Waals surface area contributed by atoms with Crippen molar-refractivity contribution in [2.45, 2.75) is 46.2 Å². The Bertz CT molecular complexity index is 880. The van der Waals surface area contributed by atoms with Crippen molar-refractivity contribution in [3.05, 3.63) is 34.5 Å². The molecule has 8 nitrogen and oxygen atoms in total. The minimum Gasteiger partial charge on any atom is -0.361 e. The lowest BCUT2D eigenvalue weighted by Gasteiger charge is -2.35. The molecule has 0 N–H and O–H groups in total. The fourth-order valence-electron chi connectivity index (χ4n) is 4.29. The van der Waals surface area contributed by atoms with Gasteiger partial charge in [0.15, 0.2) is 0 Å². The van der Waals surface area contributed by atoms with Crippen LogP contribution in [-0.4, -0.2) is 55.7 Å². The lowest BCUT2D eigenvalue weighted by Crippen LogP contribution is -2.47. The smallest absolute Gasteiger partial charge is 0.272 e. The van der Waals surface area contributed by atoms with E-state index in [0.29, 0.717) is 25.3 Å². The SMILES string of the molecule is Cc1cc(C(=O)N2C[C@@H]3CC[C@H](C2)N(Cc2c(C)noc2C)C3=O)n(C)n1. The standard InChI is InChI=1S/C19H25N5O3/c1-11-7-17(22(4)20-11)19(26)23-8-14-5-6-15(9-23)24(18(14)25)10-16-12(2)21-27-13(16)3/h7,14-15H,5-6,8-10H2,1-4H3/t14-,15+/m0/s1. The predicted molar refractivity (Wildman–Crippen MR) is 96.9 cm³/mol. The second-order valence-electron chi connectivity index (χ2n) is 7.70. The molecule has 0 aromatic carbocycles. The summed E-state index contributed by atoms with van der Waals surface area (Å²) in [5, 5.41) is 8.28. The molecule has 2 amide bonds. The summed E-state index contributed by atoms with van der Waals surface area (Å²) in [4.78, 5) is 29.8. The molecule has 3 saturated heterocycles. The summed E-state index contributed by atoms with van der Waals surface area (Å²) in [6.07, 6.45) is 1.74. The topological polar surface area (TPSA) is 84.5 Å². The first-order chi connectivity index (χ1) is 12.8. The molecule has 0 spiro atoms. The van der Waals surface area contributed by atoms with Crippen LogP contribution in [0.25, 0.3) is 0 Å². The highest BCUT2D eigenvalue weighted by atomic mass is 16.5. The first-order valence-corrected chi connectivity index (χ1v) is 9.37. The van der Waals surface area contributed by atoms with Crippen LogP contribution in [0.4, 0.5) is 0 Å². The second-order valence-corrected chi connectivity index (χ2v) is 7.70. The number of hydrogen-bond acceptors (Lipinski definition) is 5. The second kappa shape index (κ2) is 6.51. The number of piperidine rings is 1. The zero-order valence-corrected chi connectivity index (χ0v) is 16.2. The van der Waals surface area contributed by atoms with Gasteiger partial charge in [-0.15, -0.1) is 0 Å². The van der Waals surface area contributed by atoms with Gasteiger partial charge in [-0.2, -0.15) is 5.10 Å². The van der Waals surface area contributed by atoms with Gasteiger partial charge in [0, 0.05) is 31.7 Å². The van der Waals surface area contributed by atoms with E-state index in [9.17, 15) is 9.59 Å². The van der Waals surface area contributed by atoms with E-state index in [2.05, 4.69) is 10.3 Å². The highest BCUT2D eigenvalue weighted by Gasteiger charge is 2.42. The Hall–Kier alpha value is -2.64. The van der Waals surface area contributed by atoms with Crippen molar-refractivity contribution in [1.82, 2.24) is 24.7 Å². The number of amides is 2. The number of nitrogens with zero attached hydrogens (tertiary/aromatic N) is 5. The number of hydrogen-bond donors (Lipinski definition) is 0. The molecule has 3 aliphatic rings. The zero-order valence-electron chi connectivity index (χ0n) is 16.2. The minimum absolute atomic E-state index is 0.0169. The monoisotopic (exact) mass is 371 g/mol. The largest absolute Gasteiger partial charge is 0.361 e. The first kappa shape index (κ1) is 17.8. The summed E-state index contributed by atoms with van der Waals surface area (Å²) in [7, 11) is 1.78. The van der Waals surface area contributed by atoms with Crippen molar-refractivity contribution in [1.29, 1.82) is 0 Å². The molecule has 0 saturated carbocycles. The lowest BCUT2D eigenvalue weighted by molar-refractivity contribution is -0.140. The van der Waals surface area contributed by atoms with Gasteiger partial charge < -0.3 is 14.3 Å². The average molecular weight is 371 g/mol. The number of carbonyl (C=O) groups excluding carboxylic acids is 2. The third kappa shape index (κ3) is 3.02. The van der Waals surface area contributed by atoms with Gasteiger partial charge in [-0.3, -0.25) is 14.3 Å². The molecule has 8 heteroatoms. The summed E-state index contributed by atoms with van der Waals surface area (Å²) < 4.78 is 6.87. The Morgan fingerprint density at radius 3 is 2.67 bits per heavy atom. The molecule has 2 aromatic heterocycles. The maximum Gasteiger partial charge on any atom is 0.272 e. The van der Waals surface area contributed by atoms with Gasteiger partial charge in [0.1, 0.15) is 11.5 Å². The van der Waals surface area contributed by atoms with E-state index >= 15 is 0 Å². The summed E-state index contributed by atoms with van der Waals surface area (Å²) in [5.74, 6) is 0.672. The summed E-state index contributed by atoms with van der Waals surface area (Å²) in [5.41, 5.74) is 3.17. The molecule has 2 atom stereocenters. The summed E-state index contributed by atoms with van der Waals surface area (Å²) in [6, 6.07) is 1.82. The molecule has 0 aliphatic carbocycles. The Morgan fingerprint density at radius 1 is 1.26 bits per heavy atom. The molecule has 2 bridgehead atoms. The highest BCUT2D eigenvalue weighted by molar-refractivity contribution is 5.93. The number of fused-ring (bicyclic) bond motifs is 4. The molecule has 0 unspecified atom stereocenters. The van der Waals surface area contributed by atoms with Crippen molar-refractivity contribution < 1.29 is 14.1 Å². The maximum absolute atomic E-state index is 13.1. The molecule has 144 valence electrons. The Labute approximate surface area is 158 Å². The Morgan fingerprint density at radius 2 is 2.04 bits per heavy atom. The highest BCUT2D eigenvalue weighted by Crippen LogP contribution is 2.32. The Balaban J connectivity index is 1.59. The van der Waals surface area contributed by atoms with Crippen LogP contribution in [0.15, 0.2) is 10.6 Å². The molecule has 2 aromatic rings. The van der Waals surface area contributed by atoms with Crippen molar-refractivity contribution in [2.75, 3.05) is 13.1 Å². The van der Waals surface area contributed by atoms with Gasteiger partial charge in [-0.05, 0) is 39.7 Å². The third-order valence-corrected chi connectivity index (χ3v) is 5.81.